The SMILES string of the molecule is COc1cc(OS(C)(=O)=O)ccc1-c1cn2ncncc2n1. The van der Waals surface area contributed by atoms with Crippen LogP contribution >= 0.6 is 0 Å². The van der Waals surface area contributed by atoms with Crippen molar-refractivity contribution in [3.8, 4) is 22.8 Å². The molecule has 0 unspecified atom stereocenters. The number of benzene rings is 1. The average molecular weight is 320 g/mol. The summed E-state index contributed by atoms with van der Waals surface area (Å²) < 4.78 is 34.1. The number of hydrogen-bond donors (Lipinski definition) is 0. The predicted octanol–water partition coefficient (Wildman–Crippen LogP) is 1.14. The smallest absolute Gasteiger partial charge is 0.306 e. The van der Waals surface area contributed by atoms with Crippen molar-refractivity contribution in [3.05, 3.63) is 36.9 Å². The second-order valence-electron chi connectivity index (χ2n) is 4.49. The molecule has 0 saturated heterocycles. The van der Waals surface area contributed by atoms with Gasteiger partial charge >= 0.3 is 10.1 Å². The molecule has 0 amide bonds. The van der Waals surface area contributed by atoms with Crippen LogP contribution in [0.1, 0.15) is 0 Å². The molecule has 0 spiro atoms. The molecule has 114 valence electrons. The first-order valence-corrected chi connectivity index (χ1v) is 8.01. The highest BCUT2D eigenvalue weighted by atomic mass is 32.2. The number of hydrogen-bond acceptors (Lipinski definition) is 7. The Morgan fingerprint density at radius 2 is 2.09 bits per heavy atom. The molecule has 3 aromatic rings. The number of methoxy groups -OCH3 is 1. The van der Waals surface area contributed by atoms with E-state index in [9.17, 15) is 8.42 Å². The van der Waals surface area contributed by atoms with E-state index in [-0.39, 0.29) is 5.75 Å². The van der Waals surface area contributed by atoms with E-state index in [2.05, 4.69) is 15.1 Å². The first-order chi connectivity index (χ1) is 10.5. The van der Waals surface area contributed by atoms with Gasteiger partial charge in [0.05, 0.1) is 31.5 Å². The van der Waals surface area contributed by atoms with E-state index in [1.807, 2.05) is 0 Å². The molecule has 2 heterocycles. The van der Waals surface area contributed by atoms with Gasteiger partial charge in [0.25, 0.3) is 0 Å². The zero-order chi connectivity index (χ0) is 15.7. The standard InChI is InChI=1S/C13H12N4O4S/c1-20-12-5-9(21-22(2,18)19)3-4-10(12)11-7-17-13(16-11)6-14-8-15-17/h3-8H,1-2H3. The van der Waals surface area contributed by atoms with Gasteiger partial charge in [0, 0.05) is 11.6 Å². The monoisotopic (exact) mass is 320 g/mol. The van der Waals surface area contributed by atoms with E-state index in [1.54, 1.807) is 23.0 Å². The zero-order valence-corrected chi connectivity index (χ0v) is 12.6. The Bertz CT molecular complexity index is 903. The van der Waals surface area contributed by atoms with Crippen LogP contribution in [-0.4, -0.2) is 41.4 Å². The van der Waals surface area contributed by atoms with Gasteiger partial charge in [-0.3, -0.25) is 0 Å². The Morgan fingerprint density at radius 1 is 1.27 bits per heavy atom. The molecule has 0 fully saturated rings. The van der Waals surface area contributed by atoms with Crippen LogP contribution < -0.4 is 8.92 Å². The number of imidazole rings is 1. The Hall–Kier alpha value is -2.68. The van der Waals surface area contributed by atoms with Gasteiger partial charge in [0.1, 0.15) is 17.8 Å². The maximum atomic E-state index is 11.2. The van der Waals surface area contributed by atoms with E-state index in [1.165, 1.54) is 25.6 Å². The average Bonchev–Trinajstić information content (AvgIpc) is 2.89. The number of fused-ring (bicyclic) bond motifs is 1. The van der Waals surface area contributed by atoms with Crippen LogP contribution in [0.15, 0.2) is 36.9 Å². The number of nitrogens with zero attached hydrogens (tertiary/aromatic N) is 4. The molecular weight excluding hydrogens is 308 g/mol. The summed E-state index contributed by atoms with van der Waals surface area (Å²) in [6.45, 7) is 0. The maximum absolute atomic E-state index is 11.2. The van der Waals surface area contributed by atoms with Crippen LogP contribution in [0.2, 0.25) is 0 Å². The molecule has 0 saturated carbocycles. The maximum Gasteiger partial charge on any atom is 0.306 e. The molecule has 3 rings (SSSR count). The largest absolute Gasteiger partial charge is 0.496 e. The van der Waals surface area contributed by atoms with Crippen molar-refractivity contribution in [2.45, 2.75) is 0 Å². The molecule has 0 aliphatic heterocycles. The van der Waals surface area contributed by atoms with E-state index in [0.29, 0.717) is 22.7 Å². The van der Waals surface area contributed by atoms with Gasteiger partial charge in [-0.1, -0.05) is 0 Å². The Kier molecular flexibility index (Phi) is 3.41. The van der Waals surface area contributed by atoms with Gasteiger partial charge in [-0.15, -0.1) is 0 Å². The minimum atomic E-state index is -3.59. The topological polar surface area (TPSA) is 95.7 Å². The molecule has 0 N–H and O–H groups in total. The normalized spacial score (nSPS) is 11.5. The fourth-order valence-corrected chi connectivity index (χ4v) is 2.44. The predicted molar refractivity (Wildman–Crippen MR) is 78.2 cm³/mol. The number of ether oxygens (including phenoxy) is 1. The summed E-state index contributed by atoms with van der Waals surface area (Å²) in [6.07, 6.45) is 5.71. The van der Waals surface area contributed by atoms with Gasteiger partial charge in [-0.25, -0.2) is 14.5 Å². The van der Waals surface area contributed by atoms with Crippen LogP contribution in [0.4, 0.5) is 0 Å². The van der Waals surface area contributed by atoms with Crippen molar-refractivity contribution in [2.24, 2.45) is 0 Å². The summed E-state index contributed by atoms with van der Waals surface area (Å²) in [5.41, 5.74) is 1.91. The van der Waals surface area contributed by atoms with Gasteiger partial charge in [0.15, 0.2) is 5.65 Å². The van der Waals surface area contributed by atoms with Gasteiger partial charge < -0.3 is 8.92 Å². The van der Waals surface area contributed by atoms with Crippen molar-refractivity contribution in [3.63, 3.8) is 0 Å². The van der Waals surface area contributed by atoms with Gasteiger partial charge in [-0.2, -0.15) is 13.5 Å². The molecule has 0 atom stereocenters. The lowest BCUT2D eigenvalue weighted by atomic mass is 10.1. The highest BCUT2D eigenvalue weighted by Crippen LogP contribution is 2.33. The van der Waals surface area contributed by atoms with Crippen LogP contribution in [-0.2, 0) is 10.1 Å². The molecule has 22 heavy (non-hydrogen) atoms. The Balaban J connectivity index is 2.06. The van der Waals surface area contributed by atoms with Crippen LogP contribution in [0.3, 0.4) is 0 Å². The minimum Gasteiger partial charge on any atom is -0.496 e. The quantitative estimate of drug-likeness (QED) is 0.665. The summed E-state index contributed by atoms with van der Waals surface area (Å²) in [5.74, 6) is 0.615. The third-order valence-corrected chi connectivity index (χ3v) is 3.34. The molecule has 0 radical (unpaired) electrons. The molecule has 0 bridgehead atoms. The molecule has 0 aliphatic carbocycles. The van der Waals surface area contributed by atoms with E-state index < -0.39 is 10.1 Å². The highest BCUT2D eigenvalue weighted by Gasteiger charge is 2.13. The third-order valence-electron chi connectivity index (χ3n) is 2.84. The summed E-state index contributed by atoms with van der Waals surface area (Å²) in [4.78, 5) is 8.30. The fraction of sp³-hybridized carbons (Fsp3) is 0.154. The Morgan fingerprint density at radius 3 is 2.77 bits per heavy atom. The summed E-state index contributed by atoms with van der Waals surface area (Å²) in [6, 6.07) is 4.70. The second kappa shape index (κ2) is 5.26. The number of aromatic nitrogens is 4. The lowest BCUT2D eigenvalue weighted by Gasteiger charge is -2.09. The van der Waals surface area contributed by atoms with Crippen molar-refractivity contribution in [1.82, 2.24) is 19.6 Å². The minimum absolute atomic E-state index is 0.173. The van der Waals surface area contributed by atoms with Crippen molar-refractivity contribution in [2.75, 3.05) is 13.4 Å². The molecule has 9 heteroatoms. The highest BCUT2D eigenvalue weighted by molar-refractivity contribution is 7.86. The lowest BCUT2D eigenvalue weighted by molar-refractivity contribution is 0.413. The van der Waals surface area contributed by atoms with Gasteiger partial charge in [0.2, 0.25) is 0 Å². The molecular formula is C13H12N4O4S. The fourth-order valence-electron chi connectivity index (χ4n) is 1.99. The zero-order valence-electron chi connectivity index (χ0n) is 11.8. The number of rotatable bonds is 4. The summed E-state index contributed by atoms with van der Waals surface area (Å²) in [5, 5.41) is 4.05. The van der Waals surface area contributed by atoms with E-state index in [4.69, 9.17) is 8.92 Å². The van der Waals surface area contributed by atoms with Gasteiger partial charge in [-0.05, 0) is 12.1 Å². The van der Waals surface area contributed by atoms with E-state index >= 15 is 0 Å². The summed E-state index contributed by atoms with van der Waals surface area (Å²) >= 11 is 0. The van der Waals surface area contributed by atoms with Crippen molar-refractivity contribution < 1.29 is 17.3 Å². The molecule has 1 aromatic carbocycles. The van der Waals surface area contributed by atoms with E-state index in [0.717, 1.165) is 6.26 Å². The first kappa shape index (κ1) is 14.3. The van der Waals surface area contributed by atoms with Crippen LogP contribution in [0.25, 0.3) is 16.9 Å². The third kappa shape index (κ3) is 2.84. The molecule has 8 nitrogen and oxygen atoms in total. The second-order valence-corrected chi connectivity index (χ2v) is 6.06. The van der Waals surface area contributed by atoms with Crippen LogP contribution in [0, 0.1) is 0 Å². The summed E-state index contributed by atoms with van der Waals surface area (Å²) in [7, 11) is -2.11. The molecule has 2 aromatic heterocycles. The Labute approximate surface area is 126 Å². The first-order valence-electron chi connectivity index (χ1n) is 6.19. The van der Waals surface area contributed by atoms with Crippen molar-refractivity contribution >= 4 is 15.8 Å². The molecule has 0 aliphatic rings. The lowest BCUT2D eigenvalue weighted by Crippen LogP contribution is -2.05. The van der Waals surface area contributed by atoms with Crippen molar-refractivity contribution in [1.29, 1.82) is 0 Å². The van der Waals surface area contributed by atoms with Crippen LogP contribution in [0.5, 0.6) is 11.5 Å².